The number of carbonyl (C=O) groups excluding carboxylic acids is 1. The number of rotatable bonds is 5. The zero-order valence-corrected chi connectivity index (χ0v) is 14.6. The number of nitro benzene ring substituents is 1. The van der Waals surface area contributed by atoms with Crippen LogP contribution in [0.4, 0.5) is 11.4 Å². The van der Waals surface area contributed by atoms with E-state index in [1.54, 1.807) is 6.07 Å². The average molecular weight is 347 g/mol. The van der Waals surface area contributed by atoms with Gasteiger partial charge in [0.15, 0.2) is 0 Å². The zero-order valence-electron chi connectivity index (χ0n) is 14.6. The van der Waals surface area contributed by atoms with Gasteiger partial charge in [-0.1, -0.05) is 6.92 Å². The molecule has 1 amide bonds. The van der Waals surface area contributed by atoms with Crippen LogP contribution in [0.2, 0.25) is 0 Å². The quantitative estimate of drug-likeness (QED) is 0.654. The molecule has 2 aliphatic rings. The third-order valence-electron chi connectivity index (χ3n) is 5.07. The minimum atomic E-state index is -0.459. The third kappa shape index (κ3) is 4.28. The number of carbonyl (C=O) groups is 1. The van der Waals surface area contributed by atoms with Crippen molar-refractivity contribution in [1.82, 2.24) is 5.32 Å². The maximum absolute atomic E-state index is 12.7. The average Bonchev–Trinajstić information content (AvgIpc) is 3.13. The highest BCUT2D eigenvalue weighted by Crippen LogP contribution is 2.29. The number of non-ortho nitro benzene ring substituents is 1. The van der Waals surface area contributed by atoms with Crippen molar-refractivity contribution in [2.45, 2.75) is 38.7 Å². The third-order valence-corrected chi connectivity index (χ3v) is 5.07. The van der Waals surface area contributed by atoms with Gasteiger partial charge in [0.25, 0.3) is 11.6 Å². The van der Waals surface area contributed by atoms with E-state index < -0.39 is 4.92 Å². The molecule has 0 radical (unpaired) electrons. The van der Waals surface area contributed by atoms with Gasteiger partial charge in [0.1, 0.15) is 0 Å². The predicted molar refractivity (Wildman–Crippen MR) is 95.0 cm³/mol. The normalized spacial score (nSPS) is 21.3. The summed E-state index contributed by atoms with van der Waals surface area (Å²) in [7, 11) is 0. The number of piperidine rings is 1. The van der Waals surface area contributed by atoms with E-state index in [1.165, 1.54) is 12.1 Å². The Bertz CT molecular complexity index is 635. The van der Waals surface area contributed by atoms with E-state index >= 15 is 0 Å². The summed E-state index contributed by atoms with van der Waals surface area (Å²) >= 11 is 0. The SMILES string of the molecule is CC1CCN(c2ccc([N+](=O)[O-])cc2C(=O)NC[C@H]2CCCO2)CC1. The molecule has 1 N–H and O–H groups in total. The molecule has 1 aromatic carbocycles. The molecule has 0 unspecified atom stereocenters. The van der Waals surface area contributed by atoms with Gasteiger partial charge in [0.05, 0.1) is 22.3 Å². The second-order valence-electron chi connectivity index (χ2n) is 6.97. The number of ether oxygens (including phenoxy) is 1. The van der Waals surface area contributed by atoms with Gasteiger partial charge in [0, 0.05) is 38.4 Å². The van der Waals surface area contributed by atoms with Gasteiger partial charge >= 0.3 is 0 Å². The van der Waals surface area contributed by atoms with Crippen LogP contribution in [0, 0.1) is 16.0 Å². The van der Waals surface area contributed by atoms with E-state index in [1.807, 2.05) is 0 Å². The first-order chi connectivity index (χ1) is 12.0. The molecule has 0 aromatic heterocycles. The van der Waals surface area contributed by atoms with Crippen molar-refractivity contribution in [3.63, 3.8) is 0 Å². The van der Waals surface area contributed by atoms with Crippen molar-refractivity contribution in [1.29, 1.82) is 0 Å². The molecule has 3 rings (SSSR count). The monoisotopic (exact) mass is 347 g/mol. The first kappa shape index (κ1) is 17.7. The van der Waals surface area contributed by atoms with Crippen molar-refractivity contribution in [2.24, 2.45) is 5.92 Å². The number of nitrogens with zero attached hydrogens (tertiary/aromatic N) is 2. The molecule has 1 aromatic rings. The Morgan fingerprint density at radius 1 is 1.36 bits per heavy atom. The van der Waals surface area contributed by atoms with Crippen LogP contribution in [0.3, 0.4) is 0 Å². The Kier molecular flexibility index (Phi) is 5.53. The molecule has 136 valence electrons. The molecule has 2 saturated heterocycles. The van der Waals surface area contributed by atoms with Crippen molar-refractivity contribution in [2.75, 3.05) is 31.1 Å². The van der Waals surface area contributed by atoms with Crippen LogP contribution >= 0.6 is 0 Å². The highest BCUT2D eigenvalue weighted by molar-refractivity contribution is 6.00. The lowest BCUT2D eigenvalue weighted by Crippen LogP contribution is -2.36. The van der Waals surface area contributed by atoms with Crippen LogP contribution in [0.25, 0.3) is 0 Å². The second kappa shape index (κ2) is 7.82. The molecule has 7 nitrogen and oxygen atoms in total. The molecule has 2 heterocycles. The van der Waals surface area contributed by atoms with Gasteiger partial charge in [-0.3, -0.25) is 14.9 Å². The van der Waals surface area contributed by atoms with Crippen LogP contribution in [0.1, 0.15) is 43.0 Å². The first-order valence-corrected chi connectivity index (χ1v) is 8.98. The maximum atomic E-state index is 12.7. The summed E-state index contributed by atoms with van der Waals surface area (Å²) in [6.07, 6.45) is 4.12. The number of amides is 1. The first-order valence-electron chi connectivity index (χ1n) is 8.98. The number of hydrogen-bond donors (Lipinski definition) is 1. The van der Waals surface area contributed by atoms with Gasteiger partial charge in [-0.25, -0.2) is 0 Å². The summed E-state index contributed by atoms with van der Waals surface area (Å²) in [5, 5.41) is 14.0. The highest BCUT2D eigenvalue weighted by atomic mass is 16.6. The van der Waals surface area contributed by atoms with Crippen molar-refractivity contribution < 1.29 is 14.5 Å². The lowest BCUT2D eigenvalue weighted by molar-refractivity contribution is -0.384. The van der Waals surface area contributed by atoms with Crippen molar-refractivity contribution >= 4 is 17.3 Å². The number of hydrogen-bond acceptors (Lipinski definition) is 5. The molecule has 2 fully saturated rings. The van der Waals surface area contributed by atoms with Gasteiger partial charge < -0.3 is 15.0 Å². The standard InChI is InChI=1S/C18H25N3O4/c1-13-6-8-20(9-7-13)17-5-4-14(21(23)24)11-16(17)18(22)19-12-15-3-2-10-25-15/h4-5,11,13,15H,2-3,6-10,12H2,1H3,(H,19,22)/t15-/m1/s1. The fourth-order valence-corrected chi connectivity index (χ4v) is 3.45. The smallest absolute Gasteiger partial charge is 0.270 e. The summed E-state index contributed by atoms with van der Waals surface area (Å²) in [5.74, 6) is 0.402. The molecule has 1 atom stereocenters. The lowest BCUT2D eigenvalue weighted by atomic mass is 9.98. The minimum Gasteiger partial charge on any atom is -0.376 e. The van der Waals surface area contributed by atoms with E-state index in [9.17, 15) is 14.9 Å². The molecule has 0 aliphatic carbocycles. The van der Waals surface area contributed by atoms with Crippen LogP contribution in [0.5, 0.6) is 0 Å². The number of anilines is 1. The summed E-state index contributed by atoms with van der Waals surface area (Å²) < 4.78 is 5.53. The van der Waals surface area contributed by atoms with E-state index in [4.69, 9.17) is 4.74 Å². The zero-order chi connectivity index (χ0) is 17.8. The molecule has 25 heavy (non-hydrogen) atoms. The summed E-state index contributed by atoms with van der Waals surface area (Å²) in [6, 6.07) is 4.57. The molecule has 0 spiro atoms. The van der Waals surface area contributed by atoms with Crippen molar-refractivity contribution in [3.8, 4) is 0 Å². The topological polar surface area (TPSA) is 84.7 Å². The van der Waals surface area contributed by atoms with Gasteiger partial charge in [-0.15, -0.1) is 0 Å². The van der Waals surface area contributed by atoms with Crippen LogP contribution < -0.4 is 10.2 Å². The summed E-state index contributed by atoms with van der Waals surface area (Å²) in [5.41, 5.74) is 1.10. The van der Waals surface area contributed by atoms with Crippen LogP contribution in [0.15, 0.2) is 18.2 Å². The fraction of sp³-hybridized carbons (Fsp3) is 0.611. The summed E-state index contributed by atoms with van der Waals surface area (Å²) in [6.45, 7) is 5.13. The molecule has 0 bridgehead atoms. The molecule has 7 heteroatoms. The highest BCUT2D eigenvalue weighted by Gasteiger charge is 2.24. The Morgan fingerprint density at radius 3 is 2.76 bits per heavy atom. The van der Waals surface area contributed by atoms with Crippen molar-refractivity contribution in [3.05, 3.63) is 33.9 Å². The second-order valence-corrected chi connectivity index (χ2v) is 6.97. The van der Waals surface area contributed by atoms with E-state index in [0.717, 1.165) is 51.1 Å². The van der Waals surface area contributed by atoms with Gasteiger partial charge in [-0.05, 0) is 37.7 Å². The lowest BCUT2D eigenvalue weighted by Gasteiger charge is -2.33. The Hall–Kier alpha value is -2.15. The van der Waals surface area contributed by atoms with E-state index in [2.05, 4.69) is 17.1 Å². The molecular formula is C18H25N3O4. The van der Waals surface area contributed by atoms with Crippen LogP contribution in [-0.2, 0) is 4.74 Å². The molecule has 0 saturated carbocycles. The Balaban J connectivity index is 1.79. The fourth-order valence-electron chi connectivity index (χ4n) is 3.45. The molecule has 2 aliphatic heterocycles. The minimum absolute atomic E-state index is 0.0435. The van der Waals surface area contributed by atoms with Gasteiger partial charge in [0.2, 0.25) is 0 Å². The largest absolute Gasteiger partial charge is 0.376 e. The van der Waals surface area contributed by atoms with E-state index in [0.29, 0.717) is 18.0 Å². The van der Waals surface area contributed by atoms with Crippen LogP contribution in [-0.4, -0.2) is 43.2 Å². The Morgan fingerprint density at radius 2 is 2.12 bits per heavy atom. The number of nitro groups is 1. The van der Waals surface area contributed by atoms with E-state index in [-0.39, 0.29) is 17.7 Å². The number of nitrogens with one attached hydrogen (secondary N) is 1. The maximum Gasteiger partial charge on any atom is 0.270 e. The summed E-state index contributed by atoms with van der Waals surface area (Å²) in [4.78, 5) is 25.5. The number of benzene rings is 1. The predicted octanol–water partition coefficient (Wildman–Crippen LogP) is 2.74. The Labute approximate surface area is 147 Å². The van der Waals surface area contributed by atoms with Gasteiger partial charge in [-0.2, -0.15) is 0 Å². The molecular weight excluding hydrogens is 322 g/mol.